The summed E-state index contributed by atoms with van der Waals surface area (Å²) in [5, 5.41) is 2.06. The second kappa shape index (κ2) is 8.86. The molecule has 1 aliphatic heterocycles. The number of methoxy groups -OCH3 is 1. The third-order valence-corrected chi connectivity index (χ3v) is 6.78. The van der Waals surface area contributed by atoms with Crippen molar-refractivity contribution < 1.29 is 4.74 Å². The van der Waals surface area contributed by atoms with Crippen LogP contribution in [0.5, 0.6) is 5.75 Å². The van der Waals surface area contributed by atoms with E-state index < -0.39 is 0 Å². The molecule has 7 heteroatoms. The van der Waals surface area contributed by atoms with Gasteiger partial charge in [0.2, 0.25) is 0 Å². The van der Waals surface area contributed by atoms with E-state index in [0.29, 0.717) is 0 Å². The summed E-state index contributed by atoms with van der Waals surface area (Å²) in [6.45, 7) is 2.70. The van der Waals surface area contributed by atoms with Crippen molar-refractivity contribution in [1.82, 2.24) is 19.9 Å². The Kier molecular flexibility index (Phi) is 5.80. The highest BCUT2D eigenvalue weighted by Crippen LogP contribution is 2.31. The third kappa shape index (κ3) is 4.39. The molecule has 0 radical (unpaired) electrons. The Bertz CT molecular complexity index is 1190. The summed E-state index contributed by atoms with van der Waals surface area (Å²) in [4.78, 5) is 17.6. The van der Waals surface area contributed by atoms with Crippen molar-refractivity contribution in [2.75, 3.05) is 13.7 Å². The van der Waals surface area contributed by atoms with Gasteiger partial charge in [-0.15, -0.1) is 11.3 Å². The van der Waals surface area contributed by atoms with Gasteiger partial charge in [-0.2, -0.15) is 0 Å². The Labute approximate surface area is 193 Å². The summed E-state index contributed by atoms with van der Waals surface area (Å²) in [5.41, 5.74) is 5.46. The number of halogens is 1. The molecular formula is C24H21BrN4OS. The Balaban J connectivity index is 1.29. The molecule has 1 aromatic carbocycles. The summed E-state index contributed by atoms with van der Waals surface area (Å²) < 4.78 is 6.50. The average Bonchev–Trinajstić information content (AvgIpc) is 3.34. The normalized spacial score (nSPS) is 13.7. The first-order chi connectivity index (χ1) is 15.2. The lowest BCUT2D eigenvalue weighted by atomic mass is 10.1. The van der Waals surface area contributed by atoms with Crippen LogP contribution >= 0.6 is 27.3 Å². The molecule has 0 unspecified atom stereocenters. The largest absolute Gasteiger partial charge is 0.496 e. The van der Waals surface area contributed by atoms with Crippen LogP contribution in [0.25, 0.3) is 22.0 Å². The standard InChI is InChI=1S/C24H21BrN4OS/c1-30-22-7-5-18(25)11-19(22)21-6-4-16(12-26-21)14-29-9-8-20-17(15-29)13-27-24(28-20)23-3-2-10-31-23/h2-7,10-13H,8-9,14-15H2,1H3. The van der Waals surface area contributed by atoms with E-state index in [-0.39, 0.29) is 0 Å². The number of rotatable bonds is 5. The van der Waals surface area contributed by atoms with E-state index >= 15 is 0 Å². The minimum absolute atomic E-state index is 0.818. The van der Waals surface area contributed by atoms with Gasteiger partial charge in [-0.05, 0) is 41.3 Å². The number of nitrogens with zero attached hydrogens (tertiary/aromatic N) is 4. The number of thiophene rings is 1. The molecule has 0 saturated heterocycles. The van der Waals surface area contributed by atoms with E-state index in [1.165, 1.54) is 16.8 Å². The maximum Gasteiger partial charge on any atom is 0.169 e. The fourth-order valence-corrected chi connectivity index (χ4v) is 4.88. The first-order valence-electron chi connectivity index (χ1n) is 10.1. The zero-order valence-corrected chi connectivity index (χ0v) is 19.5. The Morgan fingerprint density at radius 3 is 2.84 bits per heavy atom. The molecule has 1 aliphatic rings. The van der Waals surface area contributed by atoms with Gasteiger partial charge in [0, 0.05) is 54.0 Å². The number of aromatic nitrogens is 3. The van der Waals surface area contributed by atoms with Gasteiger partial charge in [0.1, 0.15) is 5.75 Å². The number of hydrogen-bond acceptors (Lipinski definition) is 6. The zero-order chi connectivity index (χ0) is 21.2. The van der Waals surface area contributed by atoms with E-state index in [1.54, 1.807) is 18.4 Å². The predicted octanol–water partition coefficient (Wildman–Crippen LogP) is 5.60. The van der Waals surface area contributed by atoms with Gasteiger partial charge < -0.3 is 4.74 Å². The second-order valence-corrected chi connectivity index (χ2v) is 9.36. The van der Waals surface area contributed by atoms with E-state index in [4.69, 9.17) is 14.7 Å². The lowest BCUT2D eigenvalue weighted by Gasteiger charge is -2.28. The van der Waals surface area contributed by atoms with Gasteiger partial charge >= 0.3 is 0 Å². The highest BCUT2D eigenvalue weighted by Gasteiger charge is 2.19. The highest BCUT2D eigenvalue weighted by atomic mass is 79.9. The molecule has 0 fully saturated rings. The first-order valence-corrected chi connectivity index (χ1v) is 11.8. The van der Waals surface area contributed by atoms with Gasteiger partial charge in [-0.1, -0.05) is 28.1 Å². The van der Waals surface area contributed by atoms with Crippen LogP contribution in [0.2, 0.25) is 0 Å². The quantitative estimate of drug-likeness (QED) is 0.363. The van der Waals surface area contributed by atoms with Crippen molar-refractivity contribution in [3.05, 3.63) is 81.5 Å². The zero-order valence-electron chi connectivity index (χ0n) is 17.1. The molecule has 4 heterocycles. The van der Waals surface area contributed by atoms with Gasteiger partial charge in [0.15, 0.2) is 5.82 Å². The minimum Gasteiger partial charge on any atom is -0.496 e. The van der Waals surface area contributed by atoms with Gasteiger partial charge in [-0.3, -0.25) is 9.88 Å². The molecule has 0 aliphatic carbocycles. The molecule has 0 atom stereocenters. The van der Waals surface area contributed by atoms with Crippen LogP contribution in [-0.2, 0) is 19.5 Å². The maximum atomic E-state index is 5.49. The van der Waals surface area contributed by atoms with Gasteiger partial charge in [-0.25, -0.2) is 9.97 Å². The van der Waals surface area contributed by atoms with Crippen LogP contribution < -0.4 is 4.74 Å². The molecule has 0 N–H and O–H groups in total. The monoisotopic (exact) mass is 492 g/mol. The molecule has 0 saturated carbocycles. The number of pyridine rings is 1. The minimum atomic E-state index is 0.818. The molecule has 5 nitrogen and oxygen atoms in total. The summed E-state index contributed by atoms with van der Waals surface area (Å²) in [5.74, 6) is 1.66. The van der Waals surface area contributed by atoms with Crippen molar-refractivity contribution >= 4 is 27.3 Å². The topological polar surface area (TPSA) is 51.1 Å². The number of ether oxygens (including phenoxy) is 1. The maximum absolute atomic E-state index is 5.49. The predicted molar refractivity (Wildman–Crippen MR) is 127 cm³/mol. The van der Waals surface area contributed by atoms with Crippen LogP contribution in [0.1, 0.15) is 16.8 Å². The number of hydrogen-bond donors (Lipinski definition) is 0. The van der Waals surface area contributed by atoms with E-state index in [9.17, 15) is 0 Å². The molecule has 0 spiro atoms. The molecule has 5 rings (SSSR count). The molecule has 0 bridgehead atoms. The summed E-state index contributed by atoms with van der Waals surface area (Å²) in [6, 6.07) is 14.3. The lowest BCUT2D eigenvalue weighted by molar-refractivity contribution is 0.242. The van der Waals surface area contributed by atoms with Crippen LogP contribution in [0.4, 0.5) is 0 Å². The van der Waals surface area contributed by atoms with Gasteiger partial charge in [0.25, 0.3) is 0 Å². The smallest absolute Gasteiger partial charge is 0.169 e. The molecule has 4 aromatic rings. The van der Waals surface area contributed by atoms with Crippen LogP contribution in [-0.4, -0.2) is 33.5 Å². The van der Waals surface area contributed by atoms with E-state index in [1.807, 2.05) is 36.7 Å². The third-order valence-electron chi connectivity index (χ3n) is 5.42. The van der Waals surface area contributed by atoms with Crippen LogP contribution in [0.3, 0.4) is 0 Å². The summed E-state index contributed by atoms with van der Waals surface area (Å²) >= 11 is 5.21. The van der Waals surface area contributed by atoms with Crippen LogP contribution in [0.15, 0.2) is 64.7 Å². The molecule has 0 amide bonds. The lowest BCUT2D eigenvalue weighted by Crippen LogP contribution is -2.31. The van der Waals surface area contributed by atoms with Crippen molar-refractivity contribution in [3.63, 3.8) is 0 Å². The van der Waals surface area contributed by atoms with Crippen molar-refractivity contribution in [2.24, 2.45) is 0 Å². The summed E-state index contributed by atoms with van der Waals surface area (Å²) in [7, 11) is 1.68. The van der Waals surface area contributed by atoms with E-state index in [2.05, 4.69) is 49.4 Å². The number of fused-ring (bicyclic) bond motifs is 1. The Hall–Kier alpha value is -2.61. The van der Waals surface area contributed by atoms with Gasteiger partial charge in [0.05, 0.1) is 23.4 Å². The SMILES string of the molecule is COc1ccc(Br)cc1-c1ccc(CN2CCc3nc(-c4cccs4)ncc3C2)cn1. The molecule has 156 valence electrons. The Morgan fingerprint density at radius 1 is 1.13 bits per heavy atom. The fraction of sp³-hybridized carbons (Fsp3) is 0.208. The van der Waals surface area contributed by atoms with E-state index in [0.717, 1.165) is 58.2 Å². The highest BCUT2D eigenvalue weighted by molar-refractivity contribution is 9.10. The van der Waals surface area contributed by atoms with Crippen molar-refractivity contribution in [2.45, 2.75) is 19.5 Å². The molecule has 31 heavy (non-hydrogen) atoms. The molecular weight excluding hydrogens is 472 g/mol. The molecule has 3 aromatic heterocycles. The Morgan fingerprint density at radius 2 is 2.06 bits per heavy atom. The average molecular weight is 493 g/mol. The van der Waals surface area contributed by atoms with Crippen molar-refractivity contribution in [3.8, 4) is 27.7 Å². The van der Waals surface area contributed by atoms with Crippen molar-refractivity contribution in [1.29, 1.82) is 0 Å². The first kappa shape index (κ1) is 20.3. The number of benzene rings is 1. The summed E-state index contributed by atoms with van der Waals surface area (Å²) in [6.07, 6.45) is 4.89. The fourth-order valence-electron chi connectivity index (χ4n) is 3.85. The van der Waals surface area contributed by atoms with Crippen LogP contribution in [0, 0.1) is 0 Å². The second-order valence-electron chi connectivity index (χ2n) is 7.50.